The van der Waals surface area contributed by atoms with Crippen molar-refractivity contribution in [2.24, 2.45) is 5.92 Å². The second-order valence-electron chi connectivity index (χ2n) is 12.7. The van der Waals surface area contributed by atoms with E-state index in [1.165, 1.54) is 4.90 Å². The van der Waals surface area contributed by atoms with E-state index in [4.69, 9.17) is 14.2 Å². The maximum absolute atomic E-state index is 14.1. The second-order valence-corrected chi connectivity index (χ2v) is 14.1. The van der Waals surface area contributed by atoms with E-state index >= 15 is 0 Å². The van der Waals surface area contributed by atoms with Crippen LogP contribution in [0.25, 0.3) is 10.4 Å². The largest absolute Gasteiger partial charge is 0.493 e. The van der Waals surface area contributed by atoms with E-state index in [-0.39, 0.29) is 43.1 Å². The molecule has 2 aliphatic heterocycles. The Morgan fingerprint density at radius 1 is 1.10 bits per heavy atom. The molecule has 3 amide bonds. The maximum Gasteiger partial charge on any atom is 0.255 e. The molecule has 0 saturated carbocycles. The van der Waals surface area contributed by atoms with Crippen molar-refractivity contribution < 1.29 is 33.7 Å². The van der Waals surface area contributed by atoms with Crippen molar-refractivity contribution >= 4 is 51.6 Å². The predicted molar refractivity (Wildman–Crippen MR) is 196 cm³/mol. The highest BCUT2D eigenvalue weighted by Crippen LogP contribution is 2.33. The number of carbonyl (C=O) groups is 3. The summed E-state index contributed by atoms with van der Waals surface area (Å²) in [4.78, 5) is 49.6. The Labute approximate surface area is 305 Å². The lowest BCUT2D eigenvalue weighted by Crippen LogP contribution is -2.55. The Kier molecular flexibility index (Phi) is 13.4. The van der Waals surface area contributed by atoms with Gasteiger partial charge in [0.05, 0.1) is 33.4 Å². The standard InChI is InChI=1S/C36H45IN4O7S/c1-23(2)32(41-19-27-8-4-5-9-29(27)35(41)44)36(45)40-20-28(42)17-30(40)34(43)38-18-26-11-10-25(33-24(3)39-22-49-33)16-31(26)48-15-7-13-46-12-6-14-47-21-37/h4-5,8-11,16,22-23,28,30,32,42H,6-7,12-15,17-21H2,1-3H3,(H,38,43)/t28-,30+,32+/m1/s1. The zero-order valence-corrected chi connectivity index (χ0v) is 31.2. The third kappa shape index (κ3) is 9.17. The molecule has 11 nitrogen and oxygen atoms in total. The molecule has 13 heteroatoms. The molecule has 1 saturated heterocycles. The quantitative estimate of drug-likeness (QED) is 0.111. The molecule has 2 N–H and O–H groups in total. The molecule has 0 unspecified atom stereocenters. The van der Waals surface area contributed by atoms with E-state index in [0.717, 1.165) is 33.7 Å². The number of nitrogens with one attached hydrogen (secondary N) is 1. The average Bonchev–Trinajstić information content (AvgIpc) is 3.79. The van der Waals surface area contributed by atoms with E-state index < -0.39 is 18.2 Å². The van der Waals surface area contributed by atoms with Crippen molar-refractivity contribution in [2.75, 3.05) is 37.6 Å². The van der Waals surface area contributed by atoms with Crippen LogP contribution < -0.4 is 10.1 Å². The van der Waals surface area contributed by atoms with Crippen LogP contribution in [0, 0.1) is 12.8 Å². The summed E-state index contributed by atoms with van der Waals surface area (Å²) in [5.41, 5.74) is 5.98. The minimum atomic E-state index is -0.869. The molecule has 0 spiro atoms. The Hall–Kier alpha value is -3.11. The fourth-order valence-electron chi connectivity index (χ4n) is 6.37. The summed E-state index contributed by atoms with van der Waals surface area (Å²) < 4.78 is 17.9. The molecule has 49 heavy (non-hydrogen) atoms. The third-order valence-electron chi connectivity index (χ3n) is 8.81. The molecule has 2 aromatic carbocycles. The average molecular weight is 805 g/mol. The van der Waals surface area contributed by atoms with E-state index in [0.29, 0.717) is 55.3 Å². The number of alkyl halides is 1. The SMILES string of the molecule is Cc1ncsc1-c1ccc(CNC(=O)[C@@H]2C[C@@H](O)CN2C(=O)[C@H](C(C)C)N2Cc3ccccc3C2=O)c(OCCCOCCCOCI)c1. The molecule has 0 radical (unpaired) electrons. The van der Waals surface area contributed by atoms with E-state index in [1.807, 2.05) is 62.7 Å². The van der Waals surface area contributed by atoms with Gasteiger partial charge >= 0.3 is 0 Å². The lowest BCUT2D eigenvalue weighted by Gasteiger charge is -2.35. The Bertz CT molecular complexity index is 1600. The van der Waals surface area contributed by atoms with Crippen LogP contribution >= 0.6 is 33.9 Å². The molecule has 5 rings (SSSR count). The van der Waals surface area contributed by atoms with Crippen LogP contribution in [0.3, 0.4) is 0 Å². The number of halogens is 1. The van der Waals surface area contributed by atoms with Gasteiger partial charge < -0.3 is 34.4 Å². The van der Waals surface area contributed by atoms with Crippen molar-refractivity contribution in [3.63, 3.8) is 0 Å². The monoisotopic (exact) mass is 804 g/mol. The van der Waals surface area contributed by atoms with Crippen LogP contribution in [0.2, 0.25) is 0 Å². The summed E-state index contributed by atoms with van der Waals surface area (Å²) in [7, 11) is 0. The van der Waals surface area contributed by atoms with Gasteiger partial charge in [-0.2, -0.15) is 0 Å². The van der Waals surface area contributed by atoms with Crippen molar-refractivity contribution in [3.8, 4) is 16.2 Å². The maximum atomic E-state index is 14.1. The smallest absolute Gasteiger partial charge is 0.255 e. The number of benzene rings is 2. The number of thiazole rings is 1. The number of hydrogen-bond acceptors (Lipinski definition) is 9. The van der Waals surface area contributed by atoms with Crippen molar-refractivity contribution in [3.05, 3.63) is 70.4 Å². The summed E-state index contributed by atoms with van der Waals surface area (Å²) in [6.07, 6.45) is 0.809. The van der Waals surface area contributed by atoms with Gasteiger partial charge in [0.2, 0.25) is 11.8 Å². The fraction of sp³-hybridized carbons (Fsp3) is 0.500. The second kappa shape index (κ2) is 17.7. The molecule has 3 atom stereocenters. The van der Waals surface area contributed by atoms with Crippen molar-refractivity contribution in [1.29, 1.82) is 0 Å². The van der Waals surface area contributed by atoms with Gasteiger partial charge in [0, 0.05) is 63.4 Å². The van der Waals surface area contributed by atoms with Crippen molar-refractivity contribution in [2.45, 2.75) is 71.3 Å². The number of hydrogen-bond donors (Lipinski definition) is 2. The van der Waals surface area contributed by atoms with Crippen LogP contribution in [0.4, 0.5) is 0 Å². The molecule has 0 aliphatic carbocycles. The number of carbonyl (C=O) groups excluding carboxylic acids is 3. The molecule has 0 bridgehead atoms. The van der Waals surface area contributed by atoms with Gasteiger partial charge in [-0.3, -0.25) is 14.4 Å². The normalized spacial score (nSPS) is 17.9. The van der Waals surface area contributed by atoms with Gasteiger partial charge in [-0.15, -0.1) is 11.3 Å². The first-order chi connectivity index (χ1) is 23.7. The molecule has 3 aromatic rings. The number of likely N-dealkylation sites (tertiary alicyclic amines) is 1. The number of nitrogens with zero attached hydrogens (tertiary/aromatic N) is 3. The summed E-state index contributed by atoms with van der Waals surface area (Å²) in [5, 5.41) is 13.6. The van der Waals surface area contributed by atoms with E-state index in [1.54, 1.807) is 22.3 Å². The molecule has 2 aliphatic rings. The Morgan fingerprint density at radius 3 is 2.57 bits per heavy atom. The summed E-state index contributed by atoms with van der Waals surface area (Å²) in [5.74, 6) is -0.446. The number of aryl methyl sites for hydroxylation is 1. The van der Waals surface area contributed by atoms with Gasteiger partial charge in [-0.05, 0) is 42.5 Å². The molecule has 1 aromatic heterocycles. The molecule has 1 fully saturated rings. The number of rotatable bonds is 17. The topological polar surface area (TPSA) is 131 Å². The van der Waals surface area contributed by atoms with Gasteiger partial charge in [0.15, 0.2) is 0 Å². The van der Waals surface area contributed by atoms with Crippen LogP contribution in [-0.2, 0) is 32.2 Å². The molecule has 264 valence electrons. The van der Waals surface area contributed by atoms with Gasteiger partial charge in [0.1, 0.15) is 17.8 Å². The van der Waals surface area contributed by atoms with Crippen LogP contribution in [0.1, 0.15) is 60.3 Å². The highest BCUT2D eigenvalue weighted by atomic mass is 127. The number of fused-ring (bicyclic) bond motifs is 1. The molecule has 3 heterocycles. The third-order valence-corrected chi connectivity index (χ3v) is 10.2. The molecular formula is C36H45IN4O7S. The van der Waals surface area contributed by atoms with E-state index in [9.17, 15) is 19.5 Å². The Morgan fingerprint density at radius 2 is 1.86 bits per heavy atom. The number of aliphatic hydroxyl groups excluding tert-OH is 1. The lowest BCUT2D eigenvalue weighted by atomic mass is 10.0. The fourth-order valence-corrected chi connectivity index (χ4v) is 7.49. The zero-order valence-electron chi connectivity index (χ0n) is 28.2. The predicted octanol–water partition coefficient (Wildman–Crippen LogP) is 4.96. The van der Waals surface area contributed by atoms with Crippen LogP contribution in [0.15, 0.2) is 48.0 Å². The van der Waals surface area contributed by atoms with Crippen molar-refractivity contribution in [1.82, 2.24) is 20.1 Å². The van der Waals surface area contributed by atoms with Gasteiger partial charge in [0.25, 0.3) is 5.91 Å². The van der Waals surface area contributed by atoms with Gasteiger partial charge in [-0.1, -0.05) is 66.8 Å². The first kappa shape index (κ1) is 37.2. The van der Waals surface area contributed by atoms with Gasteiger partial charge in [-0.25, -0.2) is 4.98 Å². The number of aliphatic hydroxyl groups is 1. The Balaban J connectivity index is 1.24. The first-order valence-electron chi connectivity index (χ1n) is 16.7. The summed E-state index contributed by atoms with van der Waals surface area (Å²) in [6, 6.07) is 11.6. The zero-order chi connectivity index (χ0) is 34.9. The molecular weight excluding hydrogens is 759 g/mol. The highest BCUT2D eigenvalue weighted by molar-refractivity contribution is 14.1. The number of amides is 3. The minimum absolute atomic E-state index is 0.0275. The number of β-amino-alcohol motifs (C(OH)–C–C–N with tert-alkyl or cyclic N) is 1. The number of aromatic nitrogens is 1. The van der Waals surface area contributed by atoms with Crippen LogP contribution in [-0.4, -0.2) is 93.4 Å². The first-order valence-corrected chi connectivity index (χ1v) is 19.1. The lowest BCUT2D eigenvalue weighted by molar-refractivity contribution is -0.143. The highest BCUT2D eigenvalue weighted by Gasteiger charge is 2.45. The van der Waals surface area contributed by atoms with E-state index in [2.05, 4.69) is 32.9 Å². The number of ether oxygens (including phenoxy) is 3. The minimum Gasteiger partial charge on any atom is -0.493 e. The summed E-state index contributed by atoms with van der Waals surface area (Å²) in [6.45, 7) is 8.59. The van der Waals surface area contributed by atoms with Crippen LogP contribution in [0.5, 0.6) is 5.75 Å². The summed E-state index contributed by atoms with van der Waals surface area (Å²) >= 11 is 3.73.